The van der Waals surface area contributed by atoms with Crippen LogP contribution in [0.5, 0.6) is 11.5 Å². The van der Waals surface area contributed by atoms with Gasteiger partial charge in [0.25, 0.3) is 0 Å². The Hall–Kier alpha value is -3.39. The van der Waals surface area contributed by atoms with Gasteiger partial charge in [-0.3, -0.25) is 9.59 Å². The molecule has 1 unspecified atom stereocenters. The lowest BCUT2D eigenvalue weighted by Crippen LogP contribution is -2.43. The van der Waals surface area contributed by atoms with Gasteiger partial charge in [0.2, 0.25) is 11.8 Å². The zero-order valence-electron chi connectivity index (χ0n) is 18.7. The standard InChI is InChI=1S/C25H27N3O4S/c1-3-32-21-10-6-17(7-11-21)25-27-19(16-33-25)15-23(29)28-14-4-5-22(28)24(30)26-18-8-12-20(31-2)13-9-18/h6-13,16,22H,3-5,14-15H2,1-2H3,(H,26,30). The van der Waals surface area contributed by atoms with E-state index in [0.29, 0.717) is 25.3 Å². The molecule has 1 aliphatic heterocycles. The Kier molecular flexibility index (Phi) is 7.24. The lowest BCUT2D eigenvalue weighted by atomic mass is 10.2. The van der Waals surface area contributed by atoms with Crippen LogP contribution in [0.25, 0.3) is 10.6 Å². The van der Waals surface area contributed by atoms with Crippen LogP contribution in [0, 0.1) is 0 Å². The van der Waals surface area contributed by atoms with E-state index in [1.807, 2.05) is 36.6 Å². The van der Waals surface area contributed by atoms with Crippen molar-refractivity contribution in [3.05, 3.63) is 59.6 Å². The number of carbonyl (C=O) groups is 2. The number of thiazole rings is 1. The van der Waals surface area contributed by atoms with Gasteiger partial charge in [-0.1, -0.05) is 0 Å². The number of hydrogen-bond acceptors (Lipinski definition) is 6. The zero-order valence-corrected chi connectivity index (χ0v) is 19.6. The maximum atomic E-state index is 13.0. The summed E-state index contributed by atoms with van der Waals surface area (Å²) in [4.78, 5) is 32.2. The molecule has 2 amide bonds. The number of rotatable bonds is 8. The number of benzene rings is 2. The molecule has 7 nitrogen and oxygen atoms in total. The average molecular weight is 466 g/mol. The second-order valence-corrected chi connectivity index (χ2v) is 8.60. The number of carbonyl (C=O) groups excluding carboxylic acids is 2. The van der Waals surface area contributed by atoms with E-state index in [0.717, 1.165) is 34.2 Å². The smallest absolute Gasteiger partial charge is 0.247 e. The molecule has 1 atom stereocenters. The molecule has 1 aromatic heterocycles. The Morgan fingerprint density at radius 3 is 2.55 bits per heavy atom. The number of nitrogens with zero attached hydrogens (tertiary/aromatic N) is 2. The van der Waals surface area contributed by atoms with Crippen molar-refractivity contribution in [2.24, 2.45) is 0 Å². The van der Waals surface area contributed by atoms with Crippen LogP contribution in [-0.4, -0.2) is 48.0 Å². The number of methoxy groups -OCH3 is 1. The Labute approximate surface area is 197 Å². The molecule has 1 aliphatic rings. The number of anilines is 1. The van der Waals surface area contributed by atoms with Gasteiger partial charge in [-0.15, -0.1) is 11.3 Å². The predicted molar refractivity (Wildman–Crippen MR) is 129 cm³/mol. The molecule has 2 aromatic carbocycles. The summed E-state index contributed by atoms with van der Waals surface area (Å²) in [5.41, 5.74) is 2.38. The third-order valence-corrected chi connectivity index (χ3v) is 6.47. The van der Waals surface area contributed by atoms with Crippen molar-refractivity contribution < 1.29 is 19.1 Å². The summed E-state index contributed by atoms with van der Waals surface area (Å²) in [6, 6.07) is 14.5. The van der Waals surface area contributed by atoms with E-state index >= 15 is 0 Å². The number of amides is 2. The summed E-state index contributed by atoms with van der Waals surface area (Å²) >= 11 is 1.51. The van der Waals surface area contributed by atoms with Crippen molar-refractivity contribution in [3.8, 4) is 22.1 Å². The summed E-state index contributed by atoms with van der Waals surface area (Å²) < 4.78 is 10.6. The monoisotopic (exact) mass is 465 g/mol. The third kappa shape index (κ3) is 5.51. The fourth-order valence-electron chi connectivity index (χ4n) is 3.88. The van der Waals surface area contributed by atoms with E-state index in [1.54, 1.807) is 36.3 Å². The maximum absolute atomic E-state index is 13.0. The molecule has 1 saturated heterocycles. The first-order valence-electron chi connectivity index (χ1n) is 11.0. The average Bonchev–Trinajstić information content (AvgIpc) is 3.50. The number of nitrogens with one attached hydrogen (secondary N) is 1. The molecule has 1 N–H and O–H groups in total. The van der Waals surface area contributed by atoms with Crippen molar-refractivity contribution in [3.63, 3.8) is 0 Å². The Morgan fingerprint density at radius 1 is 1.12 bits per heavy atom. The van der Waals surface area contributed by atoms with Crippen molar-refractivity contribution in [1.29, 1.82) is 0 Å². The van der Waals surface area contributed by atoms with E-state index in [2.05, 4.69) is 10.3 Å². The van der Waals surface area contributed by atoms with Crippen molar-refractivity contribution >= 4 is 28.8 Å². The van der Waals surface area contributed by atoms with Gasteiger partial charge in [0, 0.05) is 23.2 Å². The molecule has 8 heteroatoms. The van der Waals surface area contributed by atoms with Crippen LogP contribution in [0.15, 0.2) is 53.9 Å². The van der Waals surface area contributed by atoms with Gasteiger partial charge < -0.3 is 19.7 Å². The summed E-state index contributed by atoms with van der Waals surface area (Å²) in [6.07, 6.45) is 1.64. The van der Waals surface area contributed by atoms with Crippen LogP contribution in [-0.2, 0) is 16.0 Å². The molecule has 33 heavy (non-hydrogen) atoms. The van der Waals surface area contributed by atoms with Gasteiger partial charge in [0.1, 0.15) is 22.5 Å². The van der Waals surface area contributed by atoms with E-state index in [1.165, 1.54) is 11.3 Å². The van der Waals surface area contributed by atoms with Gasteiger partial charge in [-0.05, 0) is 68.3 Å². The van der Waals surface area contributed by atoms with Crippen LogP contribution in [0.2, 0.25) is 0 Å². The second kappa shape index (κ2) is 10.5. The summed E-state index contributed by atoms with van der Waals surface area (Å²) in [5.74, 6) is 1.30. The first-order valence-corrected chi connectivity index (χ1v) is 11.9. The predicted octanol–water partition coefficient (Wildman–Crippen LogP) is 4.39. The minimum Gasteiger partial charge on any atom is -0.497 e. The topological polar surface area (TPSA) is 80.8 Å². The fourth-order valence-corrected chi connectivity index (χ4v) is 4.70. The molecule has 0 bridgehead atoms. The summed E-state index contributed by atoms with van der Waals surface area (Å²) in [5, 5.41) is 5.68. The Balaban J connectivity index is 1.37. The molecular weight excluding hydrogens is 438 g/mol. The number of aromatic nitrogens is 1. The van der Waals surface area contributed by atoms with Crippen LogP contribution < -0.4 is 14.8 Å². The molecule has 2 heterocycles. The van der Waals surface area contributed by atoms with Crippen LogP contribution in [0.3, 0.4) is 0 Å². The van der Waals surface area contributed by atoms with Crippen molar-refractivity contribution in [2.75, 3.05) is 25.6 Å². The first kappa shape index (κ1) is 22.8. The molecule has 0 aliphatic carbocycles. The van der Waals surface area contributed by atoms with Crippen LogP contribution in [0.1, 0.15) is 25.5 Å². The van der Waals surface area contributed by atoms with E-state index < -0.39 is 6.04 Å². The van der Waals surface area contributed by atoms with Gasteiger partial charge in [-0.2, -0.15) is 0 Å². The molecule has 0 saturated carbocycles. The van der Waals surface area contributed by atoms with Gasteiger partial charge in [0.05, 0.1) is 25.8 Å². The Bertz CT molecular complexity index is 1100. The second-order valence-electron chi connectivity index (χ2n) is 7.74. The molecule has 172 valence electrons. The van der Waals surface area contributed by atoms with Gasteiger partial charge in [0.15, 0.2) is 0 Å². The molecule has 1 fully saturated rings. The number of likely N-dealkylation sites (tertiary alicyclic amines) is 1. The fraction of sp³-hybridized carbons (Fsp3) is 0.320. The molecular formula is C25H27N3O4S. The van der Waals surface area contributed by atoms with Crippen LogP contribution in [0.4, 0.5) is 5.69 Å². The summed E-state index contributed by atoms with van der Waals surface area (Å²) in [7, 11) is 1.60. The molecule has 0 radical (unpaired) electrons. The van der Waals surface area contributed by atoms with Crippen molar-refractivity contribution in [1.82, 2.24) is 9.88 Å². The normalized spacial score (nSPS) is 15.3. The molecule has 4 rings (SSSR count). The highest BCUT2D eigenvalue weighted by atomic mass is 32.1. The minimum absolute atomic E-state index is 0.0778. The molecule has 0 spiro atoms. The third-order valence-electron chi connectivity index (χ3n) is 5.53. The largest absolute Gasteiger partial charge is 0.497 e. The SMILES string of the molecule is CCOc1ccc(-c2nc(CC(=O)N3CCCC3C(=O)Nc3ccc(OC)cc3)cs2)cc1. The Morgan fingerprint density at radius 2 is 1.85 bits per heavy atom. The maximum Gasteiger partial charge on any atom is 0.247 e. The summed E-state index contributed by atoms with van der Waals surface area (Å²) in [6.45, 7) is 3.15. The van der Waals surface area contributed by atoms with Crippen molar-refractivity contribution in [2.45, 2.75) is 32.2 Å². The highest BCUT2D eigenvalue weighted by Crippen LogP contribution is 2.27. The lowest BCUT2D eigenvalue weighted by Gasteiger charge is -2.23. The van der Waals surface area contributed by atoms with E-state index in [-0.39, 0.29) is 18.2 Å². The van der Waals surface area contributed by atoms with Gasteiger partial charge >= 0.3 is 0 Å². The lowest BCUT2D eigenvalue weighted by molar-refractivity contribution is -0.136. The van der Waals surface area contributed by atoms with E-state index in [4.69, 9.17) is 9.47 Å². The number of ether oxygens (including phenoxy) is 2. The highest BCUT2D eigenvalue weighted by molar-refractivity contribution is 7.13. The van der Waals surface area contributed by atoms with Gasteiger partial charge in [-0.25, -0.2) is 4.98 Å². The zero-order chi connectivity index (χ0) is 23.2. The number of hydrogen-bond donors (Lipinski definition) is 1. The quantitative estimate of drug-likeness (QED) is 0.534. The van der Waals surface area contributed by atoms with E-state index in [9.17, 15) is 9.59 Å². The first-order chi connectivity index (χ1) is 16.1. The highest BCUT2D eigenvalue weighted by Gasteiger charge is 2.34. The minimum atomic E-state index is -0.469. The molecule has 3 aromatic rings. The van der Waals surface area contributed by atoms with Crippen LogP contribution >= 0.6 is 11.3 Å².